The fourth-order valence-electron chi connectivity index (χ4n) is 3.85. The third-order valence-electron chi connectivity index (χ3n) is 4.60. The molecule has 0 spiro atoms. The number of rotatable bonds is 6. The fourth-order valence-corrected chi connectivity index (χ4v) is 6.31. The van der Waals surface area contributed by atoms with E-state index in [0.29, 0.717) is 0 Å². The van der Waals surface area contributed by atoms with Gasteiger partial charge < -0.3 is 37.2 Å². The van der Waals surface area contributed by atoms with E-state index < -0.39 is 9.52 Å². The first-order valence-electron chi connectivity index (χ1n) is 9.16. The van der Waals surface area contributed by atoms with Gasteiger partial charge in [-0.3, -0.25) is 0 Å². The summed E-state index contributed by atoms with van der Waals surface area (Å²) in [5.41, 5.74) is 6.32. The SMILES string of the molecule is CCCCC[c-]1ccc([SiH2]c2cc(C)cc(C)c2)c1C(C)(C)C.[Cl-].[Cl-].[Cl-].[Ti+4]. The molecular weight excluding hydrogens is 447 g/mol. The minimum atomic E-state index is -0.393. The van der Waals surface area contributed by atoms with Crippen LogP contribution in [0.1, 0.15) is 69.2 Å². The standard InChI is InChI=1S/C22H33Si.3ClH.Ti/c1-7-8-9-10-18-11-12-20(21(18)22(4,5)6)23-19-14-16(2)13-17(3)15-19;;;;/h11-15H,7-10,23H2,1-6H3;3*1H;/q-1;;;;+4/p-3. The van der Waals surface area contributed by atoms with E-state index in [1.54, 1.807) is 21.5 Å². The second-order valence-corrected chi connectivity index (χ2v) is 10.1. The van der Waals surface area contributed by atoms with Crippen molar-refractivity contribution < 1.29 is 58.9 Å². The monoisotopic (exact) mass is 478 g/mol. The molecule has 0 atom stereocenters. The van der Waals surface area contributed by atoms with E-state index in [0.717, 1.165) is 0 Å². The third kappa shape index (κ3) is 9.61. The maximum absolute atomic E-state index is 2.44. The molecule has 150 valence electrons. The Bertz CT molecular complexity index is 640. The van der Waals surface area contributed by atoms with Crippen LogP contribution >= 0.6 is 0 Å². The van der Waals surface area contributed by atoms with Gasteiger partial charge in [0.2, 0.25) is 0 Å². The normalized spacial score (nSPS) is 10.6. The Morgan fingerprint density at radius 3 is 1.96 bits per heavy atom. The van der Waals surface area contributed by atoms with E-state index in [1.807, 2.05) is 0 Å². The number of hydrogen-bond acceptors (Lipinski definition) is 0. The Balaban J connectivity index is -0.00000144. The van der Waals surface area contributed by atoms with Crippen LogP contribution in [0.15, 0.2) is 30.3 Å². The number of halogens is 3. The van der Waals surface area contributed by atoms with Crippen LogP contribution in [0.5, 0.6) is 0 Å². The minimum absolute atomic E-state index is 0. The molecule has 0 N–H and O–H groups in total. The molecule has 0 fully saturated rings. The molecule has 2 aromatic rings. The molecule has 0 unspecified atom stereocenters. The first-order valence-corrected chi connectivity index (χ1v) is 10.6. The smallest absolute Gasteiger partial charge is 1.00 e. The molecule has 0 amide bonds. The van der Waals surface area contributed by atoms with E-state index in [2.05, 4.69) is 71.9 Å². The van der Waals surface area contributed by atoms with Crippen molar-refractivity contribution in [2.75, 3.05) is 0 Å². The molecule has 0 heterocycles. The zero-order valence-electron chi connectivity index (χ0n) is 17.6. The average Bonchev–Trinajstić information content (AvgIpc) is 2.80. The van der Waals surface area contributed by atoms with Crippen molar-refractivity contribution in [2.45, 2.75) is 72.6 Å². The van der Waals surface area contributed by atoms with Crippen LogP contribution in [0.4, 0.5) is 0 Å². The van der Waals surface area contributed by atoms with Crippen LogP contribution in [-0.4, -0.2) is 9.52 Å². The van der Waals surface area contributed by atoms with Gasteiger partial charge in [-0.1, -0.05) is 87.9 Å². The molecule has 0 bridgehead atoms. The van der Waals surface area contributed by atoms with Crippen LogP contribution < -0.4 is 47.6 Å². The van der Waals surface area contributed by atoms with Crippen molar-refractivity contribution in [1.29, 1.82) is 0 Å². The Labute approximate surface area is 203 Å². The van der Waals surface area contributed by atoms with Gasteiger partial charge in [-0.05, 0) is 19.3 Å². The van der Waals surface area contributed by atoms with Crippen molar-refractivity contribution in [3.63, 3.8) is 0 Å². The van der Waals surface area contributed by atoms with Crippen LogP contribution in [0.3, 0.4) is 0 Å². The summed E-state index contributed by atoms with van der Waals surface area (Å²) in [5.74, 6) is 0. The summed E-state index contributed by atoms with van der Waals surface area (Å²) < 4.78 is 0. The Hall–Kier alpha value is 0.371. The summed E-state index contributed by atoms with van der Waals surface area (Å²) in [4.78, 5) is 0. The van der Waals surface area contributed by atoms with Gasteiger partial charge in [-0.15, -0.1) is 0 Å². The van der Waals surface area contributed by atoms with Gasteiger partial charge in [0.15, 0.2) is 0 Å². The van der Waals surface area contributed by atoms with Crippen molar-refractivity contribution in [2.24, 2.45) is 0 Å². The van der Waals surface area contributed by atoms with Gasteiger partial charge >= 0.3 is 21.7 Å². The molecule has 0 saturated heterocycles. The molecule has 2 aromatic carbocycles. The molecule has 0 radical (unpaired) electrons. The summed E-state index contributed by atoms with van der Waals surface area (Å²) in [6.45, 7) is 13.9. The zero-order valence-corrected chi connectivity index (χ0v) is 22.8. The number of aryl methyl sites for hydroxylation is 3. The number of unbranched alkanes of at least 4 members (excludes halogenated alkanes) is 2. The maximum Gasteiger partial charge on any atom is 4.00 e. The second kappa shape index (κ2) is 14.4. The van der Waals surface area contributed by atoms with Crippen molar-refractivity contribution in [3.05, 3.63) is 52.6 Å². The Morgan fingerprint density at radius 1 is 0.926 bits per heavy atom. The predicted molar refractivity (Wildman–Crippen MR) is 108 cm³/mol. The predicted octanol–water partition coefficient (Wildman–Crippen LogP) is -4.82. The minimum Gasteiger partial charge on any atom is -1.00 e. The average molecular weight is 480 g/mol. The molecule has 0 saturated carbocycles. The zero-order chi connectivity index (χ0) is 17.0. The van der Waals surface area contributed by atoms with Gasteiger partial charge in [0, 0.05) is 9.52 Å². The van der Waals surface area contributed by atoms with Crippen molar-refractivity contribution in [1.82, 2.24) is 0 Å². The molecule has 0 aliphatic carbocycles. The molecule has 5 heteroatoms. The van der Waals surface area contributed by atoms with Crippen LogP contribution in [0, 0.1) is 13.8 Å². The summed E-state index contributed by atoms with van der Waals surface area (Å²) in [7, 11) is -0.393. The Morgan fingerprint density at radius 2 is 1.48 bits per heavy atom. The van der Waals surface area contributed by atoms with Gasteiger partial charge in [0.05, 0.1) is 0 Å². The molecule has 2 rings (SSSR count). The Kier molecular flexibility index (Phi) is 17.1. The maximum atomic E-state index is 2.44. The van der Waals surface area contributed by atoms with Crippen LogP contribution in [0.2, 0.25) is 0 Å². The summed E-state index contributed by atoms with van der Waals surface area (Å²) in [6, 6.07) is 11.9. The van der Waals surface area contributed by atoms with E-state index in [1.165, 1.54) is 36.8 Å². The third-order valence-corrected chi connectivity index (χ3v) is 6.39. The number of benzene rings is 1. The molecule has 0 nitrogen and oxygen atoms in total. The molecule has 27 heavy (non-hydrogen) atoms. The molecule has 0 aromatic heterocycles. The fraction of sp³-hybridized carbons (Fsp3) is 0.500. The summed E-state index contributed by atoms with van der Waals surface area (Å²) in [6.07, 6.45) is 5.23. The summed E-state index contributed by atoms with van der Waals surface area (Å²) >= 11 is 0. The van der Waals surface area contributed by atoms with E-state index in [-0.39, 0.29) is 64.4 Å². The van der Waals surface area contributed by atoms with Gasteiger partial charge in [-0.2, -0.15) is 22.4 Å². The van der Waals surface area contributed by atoms with Gasteiger partial charge in [0.25, 0.3) is 0 Å². The van der Waals surface area contributed by atoms with E-state index >= 15 is 0 Å². The van der Waals surface area contributed by atoms with Gasteiger partial charge in [-0.25, -0.2) is 6.07 Å². The molecular formula is C22H33Cl3SiTi. The first-order chi connectivity index (χ1) is 10.8. The quantitative estimate of drug-likeness (QED) is 0.222. The summed E-state index contributed by atoms with van der Waals surface area (Å²) in [5, 5.41) is 3.24. The molecule has 0 aliphatic heterocycles. The molecule has 0 aliphatic rings. The largest absolute Gasteiger partial charge is 4.00 e. The van der Waals surface area contributed by atoms with Crippen molar-refractivity contribution >= 4 is 19.9 Å². The van der Waals surface area contributed by atoms with E-state index in [9.17, 15) is 0 Å². The number of hydrogen-bond donors (Lipinski definition) is 0. The van der Waals surface area contributed by atoms with Crippen molar-refractivity contribution in [3.8, 4) is 0 Å². The van der Waals surface area contributed by atoms with E-state index in [4.69, 9.17) is 0 Å². The first kappa shape index (κ1) is 32.0. The second-order valence-electron chi connectivity index (χ2n) is 8.14. The van der Waals surface area contributed by atoms with Crippen LogP contribution in [-0.2, 0) is 33.6 Å². The topological polar surface area (TPSA) is 0 Å². The van der Waals surface area contributed by atoms with Gasteiger partial charge in [0.1, 0.15) is 0 Å². The van der Waals surface area contributed by atoms with Crippen LogP contribution in [0.25, 0.3) is 0 Å².